The van der Waals surface area contributed by atoms with Crippen LogP contribution in [-0.4, -0.2) is 46.4 Å². The highest BCUT2D eigenvalue weighted by Crippen LogP contribution is 2.55. The van der Waals surface area contributed by atoms with Crippen LogP contribution in [0.25, 0.3) is 0 Å². The molecule has 1 saturated carbocycles. The predicted octanol–water partition coefficient (Wildman–Crippen LogP) is 4.25. The van der Waals surface area contributed by atoms with Crippen LogP contribution in [0.4, 0.5) is 5.69 Å². The number of thiophene rings is 1. The molecule has 1 spiro atoms. The normalized spacial score (nSPS) is 31.0. The zero-order valence-electron chi connectivity index (χ0n) is 19.7. The quantitative estimate of drug-likeness (QED) is 0.509. The molecule has 1 aliphatic carbocycles. The van der Waals surface area contributed by atoms with Crippen molar-refractivity contribution in [1.29, 1.82) is 0 Å². The Kier molecular flexibility index (Phi) is 6.25. The van der Waals surface area contributed by atoms with E-state index >= 15 is 0 Å². The summed E-state index contributed by atoms with van der Waals surface area (Å²) in [6.45, 7) is 0.320. The van der Waals surface area contributed by atoms with Gasteiger partial charge < -0.3 is 20.3 Å². The van der Waals surface area contributed by atoms with Crippen molar-refractivity contribution in [2.75, 3.05) is 5.32 Å². The smallest absolute Gasteiger partial charge is 0.246 e. The number of nitrogens with one attached hydrogen (secondary N) is 2. The Labute approximate surface area is 222 Å². The number of nitrogens with zero attached hydrogens (tertiary/aromatic N) is 1. The van der Waals surface area contributed by atoms with Crippen LogP contribution >= 0.6 is 27.3 Å². The molecule has 3 aliphatic heterocycles. The summed E-state index contributed by atoms with van der Waals surface area (Å²) in [5.74, 6) is -2.10. The maximum absolute atomic E-state index is 14.0. The van der Waals surface area contributed by atoms with Crippen molar-refractivity contribution in [3.63, 3.8) is 0 Å². The Bertz CT molecular complexity index is 1190. The van der Waals surface area contributed by atoms with Gasteiger partial charge >= 0.3 is 0 Å². The van der Waals surface area contributed by atoms with Gasteiger partial charge in [-0.05, 0) is 48.6 Å². The average molecular weight is 571 g/mol. The van der Waals surface area contributed by atoms with Gasteiger partial charge in [-0.3, -0.25) is 14.4 Å². The van der Waals surface area contributed by atoms with Crippen LogP contribution < -0.4 is 10.6 Å². The number of hydrogen-bond acceptors (Lipinski definition) is 5. The summed E-state index contributed by atoms with van der Waals surface area (Å²) in [5.41, 5.74) is -0.490. The number of likely N-dealkylation sites (tertiary alicyclic amines) is 1. The van der Waals surface area contributed by atoms with Crippen LogP contribution in [0.15, 0.2) is 58.4 Å². The molecule has 2 N–H and O–H groups in total. The minimum atomic E-state index is -1.14. The molecule has 0 radical (unpaired) electrons. The fourth-order valence-corrected chi connectivity index (χ4v) is 7.26. The predicted molar refractivity (Wildman–Crippen MR) is 140 cm³/mol. The van der Waals surface area contributed by atoms with Gasteiger partial charge in [-0.15, -0.1) is 11.3 Å². The summed E-state index contributed by atoms with van der Waals surface area (Å²) >= 11 is 4.95. The van der Waals surface area contributed by atoms with Gasteiger partial charge in [0.15, 0.2) is 0 Å². The van der Waals surface area contributed by atoms with Crippen molar-refractivity contribution < 1.29 is 19.1 Å². The van der Waals surface area contributed by atoms with Crippen molar-refractivity contribution in [1.82, 2.24) is 10.2 Å². The van der Waals surface area contributed by atoms with Gasteiger partial charge in [-0.25, -0.2) is 0 Å². The molecule has 9 heteroatoms. The first-order chi connectivity index (χ1) is 17.5. The lowest BCUT2D eigenvalue weighted by Crippen LogP contribution is -2.56. The van der Waals surface area contributed by atoms with Gasteiger partial charge in [-0.2, -0.15) is 0 Å². The maximum Gasteiger partial charge on any atom is 0.246 e. The largest absolute Gasteiger partial charge is 0.359 e. The number of carbonyl (C=O) groups excluding carboxylic acids is 3. The number of ether oxygens (including phenoxy) is 1. The number of halogens is 1. The van der Waals surface area contributed by atoms with E-state index in [0.29, 0.717) is 12.2 Å². The molecule has 3 amide bonds. The molecule has 4 heterocycles. The molecule has 5 atom stereocenters. The fourth-order valence-electron chi connectivity index (χ4n) is 6.29. The fraction of sp³-hybridized carbons (Fsp3) is 0.444. The second kappa shape index (κ2) is 9.43. The summed E-state index contributed by atoms with van der Waals surface area (Å²) in [4.78, 5) is 43.9. The highest BCUT2D eigenvalue weighted by molar-refractivity contribution is 9.10. The van der Waals surface area contributed by atoms with Crippen molar-refractivity contribution in [2.45, 2.75) is 62.4 Å². The van der Waals surface area contributed by atoms with Gasteiger partial charge in [-0.1, -0.05) is 53.4 Å². The van der Waals surface area contributed by atoms with E-state index in [1.165, 1.54) is 6.42 Å². The third kappa shape index (κ3) is 4.01. The zero-order valence-corrected chi connectivity index (χ0v) is 22.1. The minimum Gasteiger partial charge on any atom is -0.359 e. The highest BCUT2D eigenvalue weighted by atomic mass is 79.9. The Hall–Kier alpha value is -2.49. The number of carbonyl (C=O) groups is 3. The van der Waals surface area contributed by atoms with E-state index in [1.807, 2.05) is 53.9 Å². The van der Waals surface area contributed by atoms with Crippen LogP contribution in [0.5, 0.6) is 0 Å². The third-order valence-electron chi connectivity index (χ3n) is 7.89. The van der Waals surface area contributed by atoms with Gasteiger partial charge in [0, 0.05) is 21.1 Å². The van der Waals surface area contributed by atoms with Crippen molar-refractivity contribution in [3.8, 4) is 0 Å². The van der Waals surface area contributed by atoms with E-state index in [4.69, 9.17) is 4.74 Å². The second-order valence-corrected chi connectivity index (χ2v) is 12.0. The topological polar surface area (TPSA) is 87.7 Å². The Morgan fingerprint density at radius 3 is 2.61 bits per heavy atom. The number of rotatable bonds is 6. The lowest BCUT2D eigenvalue weighted by atomic mass is 9.74. The van der Waals surface area contributed by atoms with Gasteiger partial charge in [0.1, 0.15) is 11.6 Å². The maximum atomic E-state index is 14.0. The molecule has 2 saturated heterocycles. The first kappa shape index (κ1) is 23.9. The lowest BCUT2D eigenvalue weighted by Gasteiger charge is -2.34. The number of amides is 3. The standard InChI is InChI=1S/C27H28BrN3O4S/c28-16-8-10-18(11-9-16)29-24(32)21-20-12-13-27(35-20)22(21)26(34)31(15-19-7-4-14-36-19)23(27)25(33)30-17-5-2-1-3-6-17/h4,7-14,17,20-23H,1-3,5-6,15H2,(H,29,32)(H,30,33)/t20-,21+,22-,23+,27-/m1/s1. The molecule has 188 valence electrons. The highest BCUT2D eigenvalue weighted by Gasteiger charge is 2.72. The van der Waals surface area contributed by atoms with E-state index < -0.39 is 29.6 Å². The third-order valence-corrected chi connectivity index (χ3v) is 9.28. The first-order valence-electron chi connectivity index (χ1n) is 12.5. The lowest BCUT2D eigenvalue weighted by molar-refractivity contribution is -0.142. The van der Waals surface area contributed by atoms with Gasteiger partial charge in [0.05, 0.1) is 24.5 Å². The van der Waals surface area contributed by atoms with Crippen LogP contribution in [0, 0.1) is 11.8 Å². The van der Waals surface area contributed by atoms with Crippen LogP contribution in [0.2, 0.25) is 0 Å². The van der Waals surface area contributed by atoms with E-state index in [1.54, 1.807) is 16.2 Å². The summed E-state index contributed by atoms with van der Waals surface area (Å²) in [5, 5.41) is 8.14. The van der Waals surface area contributed by atoms with E-state index in [-0.39, 0.29) is 23.8 Å². The minimum absolute atomic E-state index is 0.111. The zero-order chi connectivity index (χ0) is 24.9. The Morgan fingerprint density at radius 2 is 1.89 bits per heavy atom. The Balaban J connectivity index is 1.31. The molecule has 2 aromatic rings. The number of anilines is 1. The van der Waals surface area contributed by atoms with Gasteiger partial charge in [0.25, 0.3) is 0 Å². The summed E-state index contributed by atoms with van der Waals surface area (Å²) in [7, 11) is 0. The van der Waals surface area contributed by atoms with E-state index in [9.17, 15) is 14.4 Å². The molecule has 0 unspecified atom stereocenters. The SMILES string of the molecule is O=C(Nc1ccc(Br)cc1)[C@H]1[C@H]2C=C[C@]3(O2)[C@H](C(=O)NC2CCCCC2)N(Cc2cccs2)C(=O)[C@@H]13. The van der Waals surface area contributed by atoms with E-state index in [0.717, 1.165) is 35.0 Å². The second-order valence-electron chi connectivity index (χ2n) is 10.1. The monoisotopic (exact) mass is 569 g/mol. The Morgan fingerprint density at radius 1 is 1.11 bits per heavy atom. The summed E-state index contributed by atoms with van der Waals surface area (Å²) in [6.07, 6.45) is 8.46. The number of fused-ring (bicyclic) bond motifs is 1. The molecule has 3 fully saturated rings. The van der Waals surface area contributed by atoms with Crippen molar-refractivity contribution >= 4 is 50.7 Å². The molecule has 1 aromatic heterocycles. The molecular weight excluding hydrogens is 542 g/mol. The van der Waals surface area contributed by atoms with Crippen LogP contribution in [0.3, 0.4) is 0 Å². The van der Waals surface area contributed by atoms with Crippen molar-refractivity contribution in [2.24, 2.45) is 11.8 Å². The summed E-state index contributed by atoms with van der Waals surface area (Å²) in [6, 6.07) is 10.5. The average Bonchev–Trinajstić information content (AvgIpc) is 3.64. The van der Waals surface area contributed by atoms with E-state index in [2.05, 4.69) is 26.6 Å². The molecule has 2 bridgehead atoms. The molecule has 1 aromatic carbocycles. The molecular formula is C27H28BrN3O4S. The molecule has 36 heavy (non-hydrogen) atoms. The van der Waals surface area contributed by atoms with Crippen LogP contribution in [-0.2, 0) is 25.7 Å². The number of benzene rings is 1. The summed E-state index contributed by atoms with van der Waals surface area (Å²) < 4.78 is 7.33. The first-order valence-corrected chi connectivity index (χ1v) is 14.2. The number of hydrogen-bond donors (Lipinski definition) is 2. The molecule has 7 nitrogen and oxygen atoms in total. The van der Waals surface area contributed by atoms with Crippen LogP contribution in [0.1, 0.15) is 37.0 Å². The molecule has 4 aliphatic rings. The van der Waals surface area contributed by atoms with Gasteiger partial charge in [0.2, 0.25) is 17.7 Å². The van der Waals surface area contributed by atoms with Crippen molar-refractivity contribution in [3.05, 3.63) is 63.3 Å². The molecule has 6 rings (SSSR count).